The normalized spacial score (nSPS) is 15.1. The molecule has 0 radical (unpaired) electrons. The summed E-state index contributed by atoms with van der Waals surface area (Å²) < 4.78 is 5.41. The van der Waals surface area contributed by atoms with Crippen molar-refractivity contribution in [3.05, 3.63) is 75.6 Å². The lowest BCUT2D eigenvalue weighted by Gasteiger charge is -2.35. The summed E-state index contributed by atoms with van der Waals surface area (Å²) in [4.78, 5) is 29.4. The topological polar surface area (TPSA) is 56.3 Å². The molecule has 200 valence electrons. The van der Waals surface area contributed by atoms with Gasteiger partial charge in [-0.25, -0.2) is 4.98 Å². The summed E-state index contributed by atoms with van der Waals surface area (Å²) in [5.41, 5.74) is 5.54. The van der Waals surface area contributed by atoms with Gasteiger partial charge in [0.1, 0.15) is 11.6 Å². The molecule has 0 aliphatic carbocycles. The first-order valence-corrected chi connectivity index (χ1v) is 13.8. The Labute approximate surface area is 227 Å². The highest BCUT2D eigenvalue weighted by Crippen LogP contribution is 2.37. The molecule has 37 heavy (non-hydrogen) atoms. The Morgan fingerprint density at radius 3 is 2.22 bits per heavy atom. The summed E-state index contributed by atoms with van der Waals surface area (Å²) in [7, 11) is 0. The molecule has 0 spiro atoms. The lowest BCUT2D eigenvalue weighted by Crippen LogP contribution is -2.36. The molecule has 2 heterocycles. The summed E-state index contributed by atoms with van der Waals surface area (Å²) in [5.74, 6) is 0.216. The summed E-state index contributed by atoms with van der Waals surface area (Å²) in [6, 6.07) is 16.6. The Morgan fingerprint density at radius 2 is 1.70 bits per heavy atom. The highest BCUT2D eigenvalue weighted by molar-refractivity contribution is 7.09. The standard InChI is InChI=1S/C22H27NO3S.C9H12.CH4/c1-15(18-4-6-19(7-5-18)20-14-27-17(3)23-20)21(25)8-9-22(16(2)24)10-12-26-13-11-22;1-3-9-7-5-4-6-8(9)2;/h4-7,14-15H,8-13H2,1-3H3;4-7H,3H2,1-2H3;1H4. The number of benzene rings is 2. The first-order valence-electron chi connectivity index (χ1n) is 12.9. The number of rotatable bonds is 8. The number of Topliss-reactive ketones (excluding diaryl/α,β-unsaturated/α-hetero) is 2. The molecule has 1 unspecified atom stereocenters. The van der Waals surface area contributed by atoms with E-state index in [9.17, 15) is 9.59 Å². The van der Waals surface area contributed by atoms with E-state index < -0.39 is 0 Å². The van der Waals surface area contributed by atoms with Crippen molar-refractivity contribution in [1.82, 2.24) is 4.98 Å². The number of hydrogen-bond acceptors (Lipinski definition) is 5. The van der Waals surface area contributed by atoms with E-state index in [0.29, 0.717) is 26.1 Å². The van der Waals surface area contributed by atoms with E-state index in [1.165, 1.54) is 11.1 Å². The minimum Gasteiger partial charge on any atom is -0.381 e. The van der Waals surface area contributed by atoms with E-state index in [4.69, 9.17) is 4.74 Å². The maximum absolute atomic E-state index is 12.8. The third-order valence-corrected chi connectivity index (χ3v) is 8.27. The van der Waals surface area contributed by atoms with Crippen LogP contribution in [-0.4, -0.2) is 29.8 Å². The van der Waals surface area contributed by atoms with Gasteiger partial charge < -0.3 is 4.74 Å². The largest absolute Gasteiger partial charge is 0.381 e. The summed E-state index contributed by atoms with van der Waals surface area (Å²) in [6.07, 6.45) is 3.67. The molecular weight excluding hydrogens is 478 g/mol. The van der Waals surface area contributed by atoms with Gasteiger partial charge in [0.15, 0.2) is 0 Å². The van der Waals surface area contributed by atoms with Crippen LogP contribution in [0.1, 0.15) is 81.5 Å². The molecule has 1 aliphatic rings. The summed E-state index contributed by atoms with van der Waals surface area (Å²) in [5, 5.41) is 3.10. The molecule has 1 fully saturated rings. The van der Waals surface area contributed by atoms with Gasteiger partial charge in [-0.3, -0.25) is 9.59 Å². The zero-order chi connectivity index (χ0) is 26.1. The zero-order valence-electron chi connectivity index (χ0n) is 22.3. The molecule has 4 rings (SSSR count). The molecule has 5 heteroatoms. The van der Waals surface area contributed by atoms with Gasteiger partial charge in [-0.15, -0.1) is 11.3 Å². The van der Waals surface area contributed by atoms with E-state index in [-0.39, 0.29) is 30.3 Å². The zero-order valence-corrected chi connectivity index (χ0v) is 23.1. The fourth-order valence-corrected chi connectivity index (χ4v) is 5.37. The van der Waals surface area contributed by atoms with Crippen LogP contribution in [-0.2, 0) is 20.7 Å². The Morgan fingerprint density at radius 1 is 1.05 bits per heavy atom. The average Bonchev–Trinajstić information content (AvgIpc) is 3.34. The van der Waals surface area contributed by atoms with E-state index in [0.717, 1.165) is 41.1 Å². The molecule has 1 aliphatic heterocycles. The number of hydrogen-bond donors (Lipinski definition) is 0. The Bertz CT molecular complexity index is 1140. The van der Waals surface area contributed by atoms with E-state index in [2.05, 4.69) is 43.1 Å². The van der Waals surface area contributed by atoms with Crippen LogP contribution in [0.25, 0.3) is 11.3 Å². The van der Waals surface area contributed by atoms with Gasteiger partial charge in [-0.05, 0) is 63.1 Å². The SMILES string of the molecule is C.CC(=O)C1(CCC(=O)C(C)c2ccc(-c3csc(C)n3)cc2)CCOCC1.CCc1ccccc1C. The lowest BCUT2D eigenvalue weighted by molar-refractivity contribution is -0.133. The first-order chi connectivity index (χ1) is 17.3. The predicted molar refractivity (Wildman–Crippen MR) is 155 cm³/mol. The van der Waals surface area contributed by atoms with Gasteiger partial charge in [-0.1, -0.05) is 69.8 Å². The number of carbonyl (C=O) groups excluding carboxylic acids is 2. The smallest absolute Gasteiger partial charge is 0.140 e. The molecule has 4 nitrogen and oxygen atoms in total. The summed E-state index contributed by atoms with van der Waals surface area (Å²) in [6.45, 7) is 11.2. The van der Waals surface area contributed by atoms with Gasteiger partial charge in [0.25, 0.3) is 0 Å². The quantitative estimate of drug-likeness (QED) is 0.300. The fraction of sp³-hybridized carbons (Fsp3) is 0.469. The minimum absolute atomic E-state index is 0. The van der Waals surface area contributed by atoms with E-state index in [1.807, 2.05) is 43.5 Å². The van der Waals surface area contributed by atoms with Crippen molar-refractivity contribution < 1.29 is 14.3 Å². The molecular formula is C32H43NO3S. The van der Waals surface area contributed by atoms with Crippen molar-refractivity contribution in [3.63, 3.8) is 0 Å². The molecule has 2 aromatic carbocycles. The first kappa shape index (κ1) is 30.6. The van der Waals surface area contributed by atoms with Crippen molar-refractivity contribution in [3.8, 4) is 11.3 Å². The molecule has 0 amide bonds. The van der Waals surface area contributed by atoms with Crippen molar-refractivity contribution in [2.75, 3.05) is 13.2 Å². The van der Waals surface area contributed by atoms with Crippen LogP contribution in [0, 0.1) is 19.3 Å². The lowest BCUT2D eigenvalue weighted by atomic mass is 9.72. The molecule has 3 aromatic rings. The van der Waals surface area contributed by atoms with Crippen LogP contribution in [0.15, 0.2) is 53.9 Å². The number of ether oxygens (including phenoxy) is 1. The van der Waals surface area contributed by atoms with Gasteiger partial charge >= 0.3 is 0 Å². The van der Waals surface area contributed by atoms with E-state index >= 15 is 0 Å². The predicted octanol–water partition coefficient (Wildman–Crippen LogP) is 8.15. The number of nitrogens with zero attached hydrogens (tertiary/aromatic N) is 1. The van der Waals surface area contributed by atoms with Gasteiger partial charge in [-0.2, -0.15) is 0 Å². The average molecular weight is 522 g/mol. The fourth-order valence-electron chi connectivity index (χ4n) is 4.75. The van der Waals surface area contributed by atoms with Crippen molar-refractivity contribution in [2.45, 2.75) is 80.1 Å². The van der Waals surface area contributed by atoms with E-state index in [1.54, 1.807) is 18.3 Å². The second-order valence-electron chi connectivity index (χ2n) is 9.79. The number of aromatic nitrogens is 1. The maximum atomic E-state index is 12.8. The third-order valence-electron chi connectivity index (χ3n) is 7.50. The number of aryl methyl sites for hydroxylation is 3. The number of carbonyl (C=O) groups is 2. The van der Waals surface area contributed by atoms with Crippen LogP contribution in [0.2, 0.25) is 0 Å². The molecule has 0 N–H and O–H groups in total. The third kappa shape index (κ3) is 8.18. The number of ketones is 2. The minimum atomic E-state index is -0.375. The molecule has 0 saturated carbocycles. The van der Waals surface area contributed by atoms with Crippen LogP contribution >= 0.6 is 11.3 Å². The summed E-state index contributed by atoms with van der Waals surface area (Å²) >= 11 is 1.63. The van der Waals surface area contributed by atoms with Crippen molar-refractivity contribution in [2.24, 2.45) is 5.41 Å². The maximum Gasteiger partial charge on any atom is 0.140 e. The second kappa shape index (κ2) is 14.3. The Kier molecular flexibility index (Phi) is 11.9. The molecule has 1 aromatic heterocycles. The van der Waals surface area contributed by atoms with Crippen LogP contribution in [0.4, 0.5) is 0 Å². The monoisotopic (exact) mass is 521 g/mol. The van der Waals surface area contributed by atoms with Gasteiger partial charge in [0, 0.05) is 41.9 Å². The highest BCUT2D eigenvalue weighted by Gasteiger charge is 2.37. The van der Waals surface area contributed by atoms with Crippen LogP contribution < -0.4 is 0 Å². The second-order valence-corrected chi connectivity index (χ2v) is 10.9. The van der Waals surface area contributed by atoms with Crippen LogP contribution in [0.5, 0.6) is 0 Å². The Balaban J connectivity index is 0.000000408. The Hall–Kier alpha value is -2.63. The molecule has 0 bridgehead atoms. The van der Waals surface area contributed by atoms with Gasteiger partial charge in [0.2, 0.25) is 0 Å². The highest BCUT2D eigenvalue weighted by atomic mass is 32.1. The molecule has 1 atom stereocenters. The van der Waals surface area contributed by atoms with Crippen molar-refractivity contribution in [1.29, 1.82) is 0 Å². The van der Waals surface area contributed by atoms with Crippen LogP contribution in [0.3, 0.4) is 0 Å². The van der Waals surface area contributed by atoms with Gasteiger partial charge in [0.05, 0.1) is 10.7 Å². The molecule has 1 saturated heterocycles. The van der Waals surface area contributed by atoms with Crippen molar-refractivity contribution >= 4 is 22.9 Å². The number of thiazole rings is 1.